The molecule has 3 rings (SSSR count). The summed E-state index contributed by atoms with van der Waals surface area (Å²) >= 11 is 0. The van der Waals surface area contributed by atoms with E-state index >= 15 is 0 Å². The van der Waals surface area contributed by atoms with E-state index in [-0.39, 0.29) is 5.82 Å². The second kappa shape index (κ2) is 6.43. The van der Waals surface area contributed by atoms with Gasteiger partial charge in [-0.1, -0.05) is 49.4 Å². The van der Waals surface area contributed by atoms with Gasteiger partial charge in [0.05, 0.1) is 0 Å². The number of alkyl halides is 1. The first-order valence-electron chi connectivity index (χ1n) is 7.81. The quantitative estimate of drug-likeness (QED) is 0.636. The Morgan fingerprint density at radius 1 is 1.05 bits per heavy atom. The summed E-state index contributed by atoms with van der Waals surface area (Å²) in [5, 5.41) is 0. The van der Waals surface area contributed by atoms with Crippen molar-refractivity contribution in [2.75, 3.05) is 0 Å². The highest BCUT2D eigenvalue weighted by molar-refractivity contribution is 5.71. The number of hydrogen-bond acceptors (Lipinski definition) is 0. The van der Waals surface area contributed by atoms with Crippen molar-refractivity contribution >= 4 is 5.57 Å². The number of allylic oxidation sites excluding steroid dienone is 2. The zero-order valence-corrected chi connectivity index (χ0v) is 12.8. The fourth-order valence-electron chi connectivity index (χ4n) is 2.95. The first-order chi connectivity index (χ1) is 10.7. The molecule has 2 aromatic carbocycles. The molecule has 0 bridgehead atoms. The van der Waals surface area contributed by atoms with Crippen LogP contribution in [0.25, 0.3) is 16.7 Å². The second-order valence-corrected chi connectivity index (χ2v) is 6.13. The Kier molecular flexibility index (Phi) is 4.37. The summed E-state index contributed by atoms with van der Waals surface area (Å²) in [5.74, 6) is 0.506. The summed E-state index contributed by atoms with van der Waals surface area (Å²) < 4.78 is 27.0. The molecule has 0 N–H and O–H groups in total. The Balaban J connectivity index is 1.88. The van der Waals surface area contributed by atoms with Crippen molar-refractivity contribution in [3.8, 4) is 11.1 Å². The van der Waals surface area contributed by atoms with Crippen LogP contribution in [0.1, 0.15) is 37.3 Å². The van der Waals surface area contributed by atoms with Crippen molar-refractivity contribution < 1.29 is 8.78 Å². The molecule has 1 aliphatic carbocycles. The number of halogens is 2. The zero-order valence-electron chi connectivity index (χ0n) is 12.8. The molecule has 114 valence electrons. The van der Waals surface area contributed by atoms with Crippen LogP contribution in [0.3, 0.4) is 0 Å². The highest BCUT2D eigenvalue weighted by Crippen LogP contribution is 2.32. The Labute approximate surface area is 130 Å². The van der Waals surface area contributed by atoms with Crippen molar-refractivity contribution in [2.45, 2.75) is 32.9 Å². The maximum Gasteiger partial charge on any atom is 0.131 e. The Bertz CT molecular complexity index is 683. The lowest BCUT2D eigenvalue weighted by atomic mass is 9.87. The molecule has 0 fully saturated rings. The van der Waals surface area contributed by atoms with Gasteiger partial charge in [-0.05, 0) is 53.5 Å². The minimum atomic E-state index is -0.492. The molecule has 1 aliphatic rings. The van der Waals surface area contributed by atoms with Crippen LogP contribution < -0.4 is 0 Å². The van der Waals surface area contributed by atoms with E-state index in [0.717, 1.165) is 29.9 Å². The van der Waals surface area contributed by atoms with Crippen molar-refractivity contribution in [2.24, 2.45) is 5.92 Å². The molecule has 0 saturated heterocycles. The first kappa shape index (κ1) is 15.0. The maximum absolute atomic E-state index is 14.4. The van der Waals surface area contributed by atoms with E-state index in [0.29, 0.717) is 11.1 Å². The van der Waals surface area contributed by atoms with Gasteiger partial charge < -0.3 is 0 Å². The van der Waals surface area contributed by atoms with Gasteiger partial charge in [0.25, 0.3) is 0 Å². The summed E-state index contributed by atoms with van der Waals surface area (Å²) in [6, 6.07) is 12.4. The summed E-state index contributed by atoms with van der Waals surface area (Å²) in [5.41, 5.74) is 4.19. The number of rotatable bonds is 3. The van der Waals surface area contributed by atoms with Gasteiger partial charge in [-0.25, -0.2) is 8.78 Å². The van der Waals surface area contributed by atoms with Crippen molar-refractivity contribution in [3.63, 3.8) is 0 Å². The van der Waals surface area contributed by atoms with E-state index in [1.165, 1.54) is 12.0 Å². The van der Waals surface area contributed by atoms with Gasteiger partial charge in [-0.2, -0.15) is 0 Å². The van der Waals surface area contributed by atoms with E-state index in [2.05, 4.69) is 13.0 Å². The normalized spacial score (nSPS) is 18.1. The van der Waals surface area contributed by atoms with E-state index in [9.17, 15) is 8.78 Å². The molecule has 1 unspecified atom stereocenters. The fraction of sp³-hybridized carbons (Fsp3) is 0.300. The molecule has 0 aromatic heterocycles. The smallest absolute Gasteiger partial charge is 0.131 e. The molecule has 0 spiro atoms. The lowest BCUT2D eigenvalue weighted by Crippen LogP contribution is -2.01. The predicted molar refractivity (Wildman–Crippen MR) is 87.6 cm³/mol. The van der Waals surface area contributed by atoms with Crippen LogP contribution in [-0.4, -0.2) is 0 Å². The molecular weight excluding hydrogens is 278 g/mol. The number of benzene rings is 2. The number of hydrogen-bond donors (Lipinski definition) is 0. The molecule has 2 aromatic rings. The van der Waals surface area contributed by atoms with E-state index in [1.54, 1.807) is 30.3 Å². The second-order valence-electron chi connectivity index (χ2n) is 6.13. The third-order valence-corrected chi connectivity index (χ3v) is 4.43. The minimum absolute atomic E-state index is 0.218. The van der Waals surface area contributed by atoms with Crippen LogP contribution in [0.5, 0.6) is 0 Å². The molecule has 0 radical (unpaired) electrons. The van der Waals surface area contributed by atoms with E-state index in [1.807, 2.05) is 12.1 Å². The summed E-state index contributed by atoms with van der Waals surface area (Å²) in [7, 11) is 0. The van der Waals surface area contributed by atoms with Gasteiger partial charge in [0.15, 0.2) is 0 Å². The average molecular weight is 298 g/mol. The van der Waals surface area contributed by atoms with Crippen molar-refractivity contribution in [1.82, 2.24) is 0 Å². The van der Waals surface area contributed by atoms with E-state index in [4.69, 9.17) is 0 Å². The largest absolute Gasteiger partial charge is 0.246 e. The minimum Gasteiger partial charge on any atom is -0.246 e. The van der Waals surface area contributed by atoms with E-state index < -0.39 is 6.67 Å². The molecule has 22 heavy (non-hydrogen) atoms. The summed E-state index contributed by atoms with van der Waals surface area (Å²) in [6.07, 6.45) is 5.49. The third-order valence-electron chi connectivity index (χ3n) is 4.43. The first-order valence-corrected chi connectivity index (χ1v) is 7.81. The molecule has 2 heteroatoms. The molecule has 0 saturated carbocycles. The molecule has 0 heterocycles. The standard InChI is InChI=1S/C20H20F2/c1-14-2-6-16(7-3-14)18-10-11-19(20(22)12-18)17-8-4-15(13-21)5-9-17/h4-6,8-12,14H,2-3,7,13H2,1H3. The monoisotopic (exact) mass is 298 g/mol. The van der Waals surface area contributed by atoms with Gasteiger partial charge in [-0.3, -0.25) is 0 Å². The van der Waals surface area contributed by atoms with Gasteiger partial charge in [0.1, 0.15) is 12.5 Å². The van der Waals surface area contributed by atoms with Crippen LogP contribution in [0.15, 0.2) is 48.5 Å². The topological polar surface area (TPSA) is 0 Å². The third kappa shape index (κ3) is 3.11. The van der Waals surface area contributed by atoms with Crippen LogP contribution in [0, 0.1) is 11.7 Å². The van der Waals surface area contributed by atoms with Crippen LogP contribution in [-0.2, 0) is 6.67 Å². The lowest BCUT2D eigenvalue weighted by Gasteiger charge is -2.19. The molecule has 0 amide bonds. The van der Waals surface area contributed by atoms with Crippen LogP contribution in [0.2, 0.25) is 0 Å². The van der Waals surface area contributed by atoms with Crippen molar-refractivity contribution in [3.05, 3.63) is 65.5 Å². The SMILES string of the molecule is CC1CC=C(c2ccc(-c3ccc(CF)cc3)c(F)c2)CC1. The van der Waals surface area contributed by atoms with Crippen LogP contribution >= 0.6 is 0 Å². The molecule has 0 aliphatic heterocycles. The fourth-order valence-corrected chi connectivity index (χ4v) is 2.95. The average Bonchev–Trinajstić information content (AvgIpc) is 2.56. The predicted octanol–water partition coefficient (Wildman–Crippen LogP) is 6.17. The Morgan fingerprint density at radius 2 is 1.77 bits per heavy atom. The molecule has 1 atom stereocenters. The van der Waals surface area contributed by atoms with Crippen LogP contribution in [0.4, 0.5) is 8.78 Å². The Morgan fingerprint density at radius 3 is 2.36 bits per heavy atom. The maximum atomic E-state index is 14.4. The van der Waals surface area contributed by atoms with Gasteiger partial charge in [0.2, 0.25) is 0 Å². The summed E-state index contributed by atoms with van der Waals surface area (Å²) in [4.78, 5) is 0. The molecule has 0 nitrogen and oxygen atoms in total. The van der Waals surface area contributed by atoms with Crippen molar-refractivity contribution in [1.29, 1.82) is 0 Å². The van der Waals surface area contributed by atoms with Gasteiger partial charge in [0, 0.05) is 5.56 Å². The van der Waals surface area contributed by atoms with Gasteiger partial charge in [-0.15, -0.1) is 0 Å². The highest BCUT2D eigenvalue weighted by atomic mass is 19.1. The molecular formula is C20H20F2. The van der Waals surface area contributed by atoms with Gasteiger partial charge >= 0.3 is 0 Å². The lowest BCUT2D eigenvalue weighted by molar-refractivity contribution is 0.485. The Hall–Kier alpha value is -1.96. The zero-order chi connectivity index (χ0) is 15.5. The highest BCUT2D eigenvalue weighted by Gasteiger charge is 2.13. The summed E-state index contributed by atoms with van der Waals surface area (Å²) in [6.45, 7) is 1.76.